The number of amides is 1. The van der Waals surface area contributed by atoms with Crippen molar-refractivity contribution >= 4 is 15.9 Å². The number of sulfonamides is 1. The summed E-state index contributed by atoms with van der Waals surface area (Å²) in [5.74, 6) is 0.858. The average Bonchev–Trinajstić information content (AvgIpc) is 2.64. The second-order valence-electron chi connectivity index (χ2n) is 8.98. The zero-order valence-corrected chi connectivity index (χ0v) is 19.3. The number of ether oxygens (including phenoxy) is 1. The van der Waals surface area contributed by atoms with Crippen molar-refractivity contribution in [2.45, 2.75) is 71.8 Å². The van der Waals surface area contributed by atoms with Gasteiger partial charge in [0.15, 0.2) is 6.61 Å². The fraction of sp³-hybridized carbons (Fsp3) is 0.682. The van der Waals surface area contributed by atoms with E-state index >= 15 is 0 Å². The molecule has 1 fully saturated rings. The van der Waals surface area contributed by atoms with Crippen molar-refractivity contribution in [3.63, 3.8) is 0 Å². The molecule has 0 spiro atoms. The average molecular weight is 425 g/mol. The summed E-state index contributed by atoms with van der Waals surface area (Å²) in [7, 11) is -3.23. The highest BCUT2D eigenvalue weighted by molar-refractivity contribution is 7.89. The molecular weight excluding hydrogens is 388 g/mol. The summed E-state index contributed by atoms with van der Waals surface area (Å²) >= 11 is 0. The molecule has 2 rings (SSSR count). The Hall–Kier alpha value is -1.60. The summed E-state index contributed by atoms with van der Waals surface area (Å²) in [5.41, 5.74) is 2.18. The molecule has 0 aromatic heterocycles. The highest BCUT2D eigenvalue weighted by Crippen LogP contribution is 2.32. The number of rotatable bonds is 8. The Balaban J connectivity index is 1.87. The largest absolute Gasteiger partial charge is 0.483 e. The molecule has 0 radical (unpaired) electrons. The molecule has 1 N–H and O–H groups in total. The van der Waals surface area contributed by atoms with E-state index in [4.69, 9.17) is 4.74 Å². The molecule has 7 heteroatoms. The van der Waals surface area contributed by atoms with Crippen LogP contribution in [0.2, 0.25) is 0 Å². The first-order valence-corrected chi connectivity index (χ1v) is 12.2. The summed E-state index contributed by atoms with van der Waals surface area (Å²) in [6.07, 6.45) is 2.79. The first-order valence-electron chi connectivity index (χ1n) is 10.5. The Labute approximate surface area is 176 Å². The van der Waals surface area contributed by atoms with Gasteiger partial charge in [0.05, 0.1) is 5.75 Å². The summed E-state index contributed by atoms with van der Waals surface area (Å²) in [4.78, 5) is 14.4. The number of nitrogens with one attached hydrogen (secondary N) is 1. The Morgan fingerprint density at radius 2 is 1.90 bits per heavy atom. The van der Waals surface area contributed by atoms with Crippen LogP contribution >= 0.6 is 0 Å². The molecule has 0 saturated carbocycles. The highest BCUT2D eigenvalue weighted by atomic mass is 32.2. The maximum atomic E-state index is 12.6. The van der Waals surface area contributed by atoms with E-state index in [2.05, 4.69) is 31.6 Å². The standard InChI is InChI=1S/C22H36N2O4S/c1-6-7-14-29(26,27)23-18-10-12-24(13-11-18)21(25)16-28-20-9-8-17(2)15-19(20)22(3,4)5/h8-9,15,18,23H,6-7,10-14,16H2,1-5H3. The van der Waals surface area contributed by atoms with Gasteiger partial charge in [-0.25, -0.2) is 13.1 Å². The van der Waals surface area contributed by atoms with Crippen LogP contribution in [0, 0.1) is 6.92 Å². The summed E-state index contributed by atoms with van der Waals surface area (Å²) in [6, 6.07) is 5.94. The van der Waals surface area contributed by atoms with Gasteiger partial charge >= 0.3 is 0 Å². The van der Waals surface area contributed by atoms with E-state index in [0.717, 1.165) is 23.3 Å². The Bertz CT molecular complexity index is 792. The van der Waals surface area contributed by atoms with Crippen LogP contribution in [0.5, 0.6) is 5.75 Å². The van der Waals surface area contributed by atoms with E-state index < -0.39 is 10.0 Å². The lowest BCUT2D eigenvalue weighted by atomic mass is 9.85. The van der Waals surface area contributed by atoms with Gasteiger partial charge in [-0.2, -0.15) is 0 Å². The van der Waals surface area contributed by atoms with Crippen LogP contribution in [0.4, 0.5) is 0 Å². The van der Waals surface area contributed by atoms with E-state index in [1.54, 1.807) is 4.90 Å². The van der Waals surface area contributed by atoms with Crippen LogP contribution in [-0.4, -0.2) is 50.7 Å². The number of hydrogen-bond acceptors (Lipinski definition) is 4. The Kier molecular flexibility index (Phi) is 8.11. The molecule has 1 aromatic carbocycles. The van der Waals surface area contributed by atoms with Crippen LogP contribution in [0.3, 0.4) is 0 Å². The second kappa shape index (κ2) is 9.94. The van der Waals surface area contributed by atoms with Crippen LogP contribution in [-0.2, 0) is 20.2 Å². The van der Waals surface area contributed by atoms with Gasteiger partial charge in [0.1, 0.15) is 5.75 Å². The van der Waals surface area contributed by atoms with Crippen molar-refractivity contribution in [1.82, 2.24) is 9.62 Å². The molecular formula is C22H36N2O4S. The zero-order valence-electron chi connectivity index (χ0n) is 18.5. The van der Waals surface area contributed by atoms with Gasteiger partial charge in [-0.1, -0.05) is 51.8 Å². The maximum absolute atomic E-state index is 12.6. The summed E-state index contributed by atoms with van der Waals surface area (Å²) in [6.45, 7) is 11.5. The minimum Gasteiger partial charge on any atom is -0.483 e. The number of nitrogens with zero attached hydrogens (tertiary/aromatic N) is 1. The molecule has 29 heavy (non-hydrogen) atoms. The predicted octanol–water partition coefficient (Wildman–Crippen LogP) is 3.38. The van der Waals surface area contributed by atoms with Crippen molar-refractivity contribution in [2.24, 2.45) is 0 Å². The second-order valence-corrected chi connectivity index (χ2v) is 10.9. The SMILES string of the molecule is CCCCS(=O)(=O)NC1CCN(C(=O)COc2ccc(C)cc2C(C)(C)C)CC1. The third-order valence-corrected chi connectivity index (χ3v) is 6.77. The third kappa shape index (κ3) is 7.30. The van der Waals surface area contributed by atoms with Crippen LogP contribution < -0.4 is 9.46 Å². The lowest BCUT2D eigenvalue weighted by Gasteiger charge is -2.32. The molecule has 1 amide bonds. The fourth-order valence-corrected chi connectivity index (χ4v) is 5.01. The number of likely N-dealkylation sites (tertiary alicyclic amines) is 1. The lowest BCUT2D eigenvalue weighted by Crippen LogP contribution is -2.48. The van der Waals surface area contributed by atoms with Crippen LogP contribution in [0.1, 0.15) is 64.5 Å². The van der Waals surface area contributed by atoms with E-state index in [9.17, 15) is 13.2 Å². The monoisotopic (exact) mass is 424 g/mol. The molecule has 1 aromatic rings. The van der Waals surface area contributed by atoms with E-state index in [0.29, 0.717) is 32.4 Å². The molecule has 1 heterocycles. The van der Waals surface area contributed by atoms with Crippen molar-refractivity contribution in [2.75, 3.05) is 25.4 Å². The zero-order chi connectivity index (χ0) is 21.7. The number of unbranched alkanes of at least 4 members (excludes halogenated alkanes) is 1. The first kappa shape index (κ1) is 23.7. The highest BCUT2D eigenvalue weighted by Gasteiger charge is 2.26. The first-order chi connectivity index (χ1) is 13.5. The smallest absolute Gasteiger partial charge is 0.260 e. The Morgan fingerprint density at radius 1 is 1.24 bits per heavy atom. The van der Waals surface area contributed by atoms with Crippen LogP contribution in [0.15, 0.2) is 18.2 Å². The summed E-state index contributed by atoms with van der Waals surface area (Å²) < 4.78 is 32.8. The van der Waals surface area contributed by atoms with Gasteiger partial charge in [-0.15, -0.1) is 0 Å². The number of piperidine rings is 1. The predicted molar refractivity (Wildman–Crippen MR) is 117 cm³/mol. The van der Waals surface area contributed by atoms with Crippen LogP contribution in [0.25, 0.3) is 0 Å². The number of benzene rings is 1. The van der Waals surface area contributed by atoms with Gasteiger partial charge in [-0.05, 0) is 43.2 Å². The molecule has 1 aliphatic heterocycles. The van der Waals surface area contributed by atoms with Gasteiger partial charge in [-0.3, -0.25) is 4.79 Å². The minimum atomic E-state index is -3.23. The Morgan fingerprint density at radius 3 is 2.48 bits per heavy atom. The lowest BCUT2D eigenvalue weighted by molar-refractivity contribution is -0.134. The molecule has 0 unspecified atom stereocenters. The normalized spacial score (nSPS) is 16.1. The number of carbonyl (C=O) groups excluding carboxylic acids is 1. The topological polar surface area (TPSA) is 75.7 Å². The molecule has 1 saturated heterocycles. The number of aryl methyl sites for hydroxylation is 1. The number of hydrogen-bond donors (Lipinski definition) is 1. The van der Waals surface area contributed by atoms with Gasteiger partial charge < -0.3 is 9.64 Å². The molecule has 6 nitrogen and oxygen atoms in total. The van der Waals surface area contributed by atoms with E-state index in [1.807, 2.05) is 26.0 Å². The van der Waals surface area contributed by atoms with Crippen molar-refractivity contribution in [3.8, 4) is 5.75 Å². The molecule has 0 aliphatic carbocycles. The third-order valence-electron chi connectivity index (χ3n) is 5.25. The van der Waals surface area contributed by atoms with Gasteiger partial charge in [0.25, 0.3) is 5.91 Å². The van der Waals surface area contributed by atoms with Gasteiger partial charge in [0, 0.05) is 19.1 Å². The van der Waals surface area contributed by atoms with Crippen molar-refractivity contribution in [1.29, 1.82) is 0 Å². The number of carbonyl (C=O) groups is 1. The van der Waals surface area contributed by atoms with Crippen molar-refractivity contribution < 1.29 is 17.9 Å². The van der Waals surface area contributed by atoms with E-state index in [1.165, 1.54) is 0 Å². The molecule has 164 valence electrons. The quantitative estimate of drug-likeness (QED) is 0.694. The van der Waals surface area contributed by atoms with Crippen molar-refractivity contribution in [3.05, 3.63) is 29.3 Å². The van der Waals surface area contributed by atoms with Gasteiger partial charge in [0.2, 0.25) is 10.0 Å². The minimum absolute atomic E-state index is 0.000958. The van der Waals surface area contributed by atoms with E-state index in [-0.39, 0.29) is 29.7 Å². The molecule has 0 atom stereocenters. The maximum Gasteiger partial charge on any atom is 0.260 e. The molecule has 1 aliphatic rings. The molecule has 0 bridgehead atoms. The fourth-order valence-electron chi connectivity index (χ4n) is 3.48. The summed E-state index contributed by atoms with van der Waals surface area (Å²) in [5, 5.41) is 0.